The summed E-state index contributed by atoms with van der Waals surface area (Å²) in [4.78, 5) is 0. The predicted molar refractivity (Wildman–Crippen MR) is 164 cm³/mol. The summed E-state index contributed by atoms with van der Waals surface area (Å²) in [5, 5.41) is 0. The molecule has 41 heavy (non-hydrogen) atoms. The third kappa shape index (κ3) is 9.33. The van der Waals surface area contributed by atoms with Crippen LogP contribution in [-0.4, -0.2) is 6.11 Å². The zero-order valence-electron chi connectivity index (χ0n) is 25.0. The van der Waals surface area contributed by atoms with E-state index in [4.69, 9.17) is 4.74 Å². The van der Waals surface area contributed by atoms with Gasteiger partial charge in [0.1, 0.15) is 0 Å². The first-order valence-corrected chi connectivity index (χ1v) is 16.0. The molecule has 0 bridgehead atoms. The lowest BCUT2D eigenvalue weighted by Crippen LogP contribution is -2.27. The molecule has 0 heterocycles. The van der Waals surface area contributed by atoms with Crippen LogP contribution < -0.4 is 0 Å². The number of ether oxygens (including phenoxy) is 1. The number of allylic oxidation sites excluding steroid dienone is 4. The van der Waals surface area contributed by atoms with Crippen molar-refractivity contribution in [2.75, 3.05) is 0 Å². The van der Waals surface area contributed by atoms with Crippen molar-refractivity contribution in [2.24, 2.45) is 11.8 Å². The van der Waals surface area contributed by atoms with Gasteiger partial charge >= 0.3 is 6.11 Å². The van der Waals surface area contributed by atoms with Gasteiger partial charge in [-0.1, -0.05) is 72.8 Å². The molecule has 0 saturated heterocycles. The van der Waals surface area contributed by atoms with Crippen LogP contribution >= 0.6 is 0 Å². The number of benzene rings is 2. The Bertz CT molecular complexity index is 1070. The molecule has 0 amide bonds. The average molecular weight is 567 g/mol. The number of rotatable bonds is 13. The van der Waals surface area contributed by atoms with Crippen molar-refractivity contribution < 1.29 is 17.9 Å². The predicted octanol–water partition coefficient (Wildman–Crippen LogP) is 11.8. The Labute approximate surface area is 246 Å². The van der Waals surface area contributed by atoms with Crippen LogP contribution in [0.1, 0.15) is 131 Å². The molecule has 0 aromatic heterocycles. The Hall–Kier alpha value is -2.33. The van der Waals surface area contributed by atoms with E-state index in [1.54, 1.807) is 0 Å². The van der Waals surface area contributed by atoms with Crippen LogP contribution in [0, 0.1) is 11.8 Å². The zero-order valence-corrected chi connectivity index (χ0v) is 25.0. The van der Waals surface area contributed by atoms with E-state index in [1.807, 2.05) is 36.4 Å². The van der Waals surface area contributed by atoms with E-state index in [0.29, 0.717) is 17.4 Å². The molecule has 0 spiro atoms. The molecule has 2 aromatic rings. The summed E-state index contributed by atoms with van der Waals surface area (Å²) in [5.41, 5.74) is 2.99. The van der Waals surface area contributed by atoms with Crippen molar-refractivity contribution in [2.45, 2.75) is 122 Å². The lowest BCUT2D eigenvalue weighted by atomic mass is 9.77. The molecule has 2 saturated carbocycles. The molecule has 4 heteroatoms. The van der Waals surface area contributed by atoms with E-state index in [0.717, 1.165) is 43.1 Å². The first kappa shape index (κ1) is 31.6. The van der Waals surface area contributed by atoms with Crippen molar-refractivity contribution in [3.8, 4) is 0 Å². The van der Waals surface area contributed by atoms with Gasteiger partial charge in [-0.05, 0) is 137 Å². The molecular weight excluding hydrogens is 517 g/mol. The fourth-order valence-corrected chi connectivity index (χ4v) is 6.84. The highest BCUT2D eigenvalue weighted by Crippen LogP contribution is 2.41. The van der Waals surface area contributed by atoms with Crippen molar-refractivity contribution in [3.63, 3.8) is 0 Å². The smallest absolute Gasteiger partial charge is 0.313 e. The molecule has 1 atom stereocenters. The summed E-state index contributed by atoms with van der Waals surface area (Å²) in [6, 6.07) is 14.4. The zero-order chi connectivity index (χ0) is 29.1. The van der Waals surface area contributed by atoms with E-state index in [9.17, 15) is 13.2 Å². The minimum Gasteiger partial charge on any atom is -0.313 e. The van der Waals surface area contributed by atoms with Crippen molar-refractivity contribution in [1.82, 2.24) is 0 Å². The highest BCUT2D eigenvalue weighted by molar-refractivity contribution is 5.28. The average Bonchev–Trinajstić information content (AvgIpc) is 3.01. The van der Waals surface area contributed by atoms with E-state index >= 15 is 0 Å². The molecule has 2 aliphatic rings. The maximum atomic E-state index is 14.9. The number of hydrogen-bond acceptors (Lipinski definition) is 1. The molecular formula is C37H49F3O. The summed E-state index contributed by atoms with van der Waals surface area (Å²) >= 11 is 0. The lowest BCUT2D eigenvalue weighted by molar-refractivity contribution is -0.282. The molecule has 2 aromatic carbocycles. The van der Waals surface area contributed by atoms with Gasteiger partial charge in [0.05, 0.1) is 6.61 Å². The Balaban J connectivity index is 1.23. The topological polar surface area (TPSA) is 9.23 Å². The van der Waals surface area contributed by atoms with E-state index < -0.39 is 12.3 Å². The monoisotopic (exact) mass is 566 g/mol. The highest BCUT2D eigenvalue weighted by atomic mass is 19.3. The van der Waals surface area contributed by atoms with Crippen LogP contribution in [0.3, 0.4) is 0 Å². The molecule has 2 aliphatic carbocycles. The van der Waals surface area contributed by atoms with Crippen molar-refractivity contribution in [3.05, 3.63) is 95.1 Å². The normalized spacial score (nSPS) is 24.7. The van der Waals surface area contributed by atoms with Crippen LogP contribution in [-0.2, 0) is 11.3 Å². The van der Waals surface area contributed by atoms with Crippen molar-refractivity contribution in [1.29, 1.82) is 0 Å². The van der Waals surface area contributed by atoms with Crippen LogP contribution in [0.4, 0.5) is 13.2 Å². The van der Waals surface area contributed by atoms with Crippen LogP contribution in [0.15, 0.2) is 72.8 Å². The van der Waals surface area contributed by atoms with E-state index in [2.05, 4.69) is 38.2 Å². The molecule has 1 unspecified atom stereocenters. The number of alkyl halides is 3. The Morgan fingerprint density at radius 3 is 1.59 bits per heavy atom. The summed E-state index contributed by atoms with van der Waals surface area (Å²) in [5.74, 6) is 2.53. The summed E-state index contributed by atoms with van der Waals surface area (Å²) < 4.78 is 49.3. The molecule has 4 rings (SSSR count). The number of halogens is 3. The summed E-state index contributed by atoms with van der Waals surface area (Å²) in [7, 11) is 0. The second-order valence-corrected chi connectivity index (χ2v) is 12.3. The fourth-order valence-electron chi connectivity index (χ4n) is 6.84. The molecule has 0 radical (unpaired) electrons. The van der Waals surface area contributed by atoms with Gasteiger partial charge < -0.3 is 4.74 Å². The number of hydrogen-bond donors (Lipinski definition) is 0. The third-order valence-corrected chi connectivity index (χ3v) is 9.53. The summed E-state index contributed by atoms with van der Waals surface area (Å²) in [6.45, 7) is 3.81. The molecule has 224 valence electrons. The van der Waals surface area contributed by atoms with Crippen LogP contribution in [0.2, 0.25) is 0 Å². The maximum absolute atomic E-state index is 14.9. The molecule has 0 aliphatic heterocycles. The maximum Gasteiger partial charge on any atom is 0.391 e. The van der Waals surface area contributed by atoms with Gasteiger partial charge in [0.15, 0.2) is 0 Å². The van der Waals surface area contributed by atoms with Gasteiger partial charge in [-0.25, -0.2) is 4.39 Å². The van der Waals surface area contributed by atoms with Gasteiger partial charge in [-0.3, -0.25) is 0 Å². The second kappa shape index (κ2) is 15.8. The minimum atomic E-state index is -3.89. The molecule has 1 nitrogen and oxygen atoms in total. The van der Waals surface area contributed by atoms with Gasteiger partial charge in [0, 0.05) is 0 Å². The second-order valence-electron chi connectivity index (χ2n) is 12.3. The van der Waals surface area contributed by atoms with E-state index in [1.165, 1.54) is 69.1 Å². The minimum absolute atomic E-state index is 0.0320. The first-order valence-electron chi connectivity index (χ1n) is 16.0. The van der Waals surface area contributed by atoms with Gasteiger partial charge in [0.2, 0.25) is 6.17 Å². The Morgan fingerprint density at radius 1 is 0.707 bits per heavy atom. The standard InChI is InChI=1S/C37H49F3O/c1-3-5-7-9-28-11-17-31(18-12-28)33-21-15-30(16-22-33)27-41-37(39,40)36(38)35-25-23-34(24-26-35)32-19-13-29(14-20-32)10-8-6-4-2/h3-6,15-16,21-26,28-29,31-32,36H,7-14,17-20,27H2,1-2H3/b5-3+,6-4+. The molecule has 2 fully saturated rings. The van der Waals surface area contributed by atoms with Crippen molar-refractivity contribution >= 4 is 0 Å². The molecule has 0 N–H and O–H groups in total. The lowest BCUT2D eigenvalue weighted by Gasteiger charge is -2.29. The van der Waals surface area contributed by atoms with Crippen LogP contribution in [0.5, 0.6) is 0 Å². The first-order chi connectivity index (χ1) is 19.9. The SMILES string of the molecule is C/C=C/CCC1CCC(c2ccc(COC(F)(F)C(F)c3ccc(C4CCC(CC/C=C/C)CC4)cc3)cc2)CC1. The highest BCUT2D eigenvalue weighted by Gasteiger charge is 2.43. The Kier molecular flexibility index (Phi) is 12.2. The van der Waals surface area contributed by atoms with Gasteiger partial charge in [-0.15, -0.1) is 0 Å². The third-order valence-electron chi connectivity index (χ3n) is 9.53. The fraction of sp³-hybridized carbons (Fsp3) is 0.568. The van der Waals surface area contributed by atoms with Crippen LogP contribution in [0.25, 0.3) is 0 Å². The Morgan fingerprint density at radius 2 is 1.15 bits per heavy atom. The van der Waals surface area contributed by atoms with Gasteiger partial charge in [-0.2, -0.15) is 8.78 Å². The van der Waals surface area contributed by atoms with Gasteiger partial charge in [0.25, 0.3) is 0 Å². The largest absolute Gasteiger partial charge is 0.391 e. The summed E-state index contributed by atoms with van der Waals surface area (Å²) in [6.07, 6.45) is 16.6. The van der Waals surface area contributed by atoms with E-state index in [-0.39, 0.29) is 12.2 Å². The quantitative estimate of drug-likeness (QED) is 0.219.